The van der Waals surface area contributed by atoms with Gasteiger partial charge in [0.05, 0.1) is 24.6 Å². The second-order valence-electron chi connectivity index (χ2n) is 8.59. The van der Waals surface area contributed by atoms with Crippen LogP contribution in [-0.2, 0) is 24.4 Å². The summed E-state index contributed by atoms with van der Waals surface area (Å²) in [6, 6.07) is 22.1. The zero-order valence-corrected chi connectivity index (χ0v) is 20.0. The van der Waals surface area contributed by atoms with E-state index < -0.39 is 5.69 Å². The van der Waals surface area contributed by atoms with Gasteiger partial charge in [-0.15, -0.1) is 5.10 Å². The Morgan fingerprint density at radius 2 is 1.64 bits per heavy atom. The average Bonchev–Trinajstić information content (AvgIpc) is 3.22. The first-order valence-electron chi connectivity index (χ1n) is 11.5. The molecule has 0 bridgehead atoms. The SMILES string of the molecule is COc1ccc(CNC(=O)Cn2nc3n(Cc4ccc(C)cc4)c(=O)c4ccccc4n3c2=O)cc1. The number of methoxy groups -OCH3 is 1. The number of fused-ring (bicyclic) bond motifs is 3. The van der Waals surface area contributed by atoms with Gasteiger partial charge in [-0.2, -0.15) is 0 Å². The third kappa shape index (κ3) is 4.38. The van der Waals surface area contributed by atoms with Crippen LogP contribution in [-0.4, -0.2) is 31.8 Å². The first-order chi connectivity index (χ1) is 17.4. The molecule has 2 heterocycles. The summed E-state index contributed by atoms with van der Waals surface area (Å²) in [5, 5.41) is 7.62. The van der Waals surface area contributed by atoms with Crippen molar-refractivity contribution in [2.45, 2.75) is 26.6 Å². The van der Waals surface area contributed by atoms with E-state index in [1.54, 1.807) is 31.4 Å². The van der Waals surface area contributed by atoms with Gasteiger partial charge in [0.2, 0.25) is 11.7 Å². The minimum absolute atomic E-state index is 0.187. The largest absolute Gasteiger partial charge is 0.497 e. The Labute approximate surface area is 206 Å². The summed E-state index contributed by atoms with van der Waals surface area (Å²) in [5.41, 5.74) is 2.62. The van der Waals surface area contributed by atoms with Gasteiger partial charge in [-0.1, -0.05) is 54.1 Å². The van der Waals surface area contributed by atoms with Gasteiger partial charge >= 0.3 is 5.69 Å². The van der Waals surface area contributed by atoms with Crippen LogP contribution in [0.15, 0.2) is 82.4 Å². The molecule has 0 radical (unpaired) electrons. The molecule has 182 valence electrons. The lowest BCUT2D eigenvalue weighted by atomic mass is 10.1. The summed E-state index contributed by atoms with van der Waals surface area (Å²) in [6.07, 6.45) is 0. The third-order valence-electron chi connectivity index (χ3n) is 6.09. The quantitative estimate of drug-likeness (QED) is 0.384. The summed E-state index contributed by atoms with van der Waals surface area (Å²) >= 11 is 0. The van der Waals surface area contributed by atoms with E-state index >= 15 is 0 Å². The molecule has 0 unspecified atom stereocenters. The molecule has 0 atom stereocenters. The van der Waals surface area contributed by atoms with E-state index in [-0.39, 0.29) is 30.3 Å². The second kappa shape index (κ2) is 9.53. The van der Waals surface area contributed by atoms with Crippen molar-refractivity contribution in [1.29, 1.82) is 0 Å². The van der Waals surface area contributed by atoms with E-state index in [9.17, 15) is 14.4 Å². The molecular formula is C27H25N5O4. The van der Waals surface area contributed by atoms with Gasteiger partial charge in [0.15, 0.2) is 0 Å². The number of nitrogens with one attached hydrogen (secondary N) is 1. The van der Waals surface area contributed by atoms with Gasteiger partial charge in [0.1, 0.15) is 12.3 Å². The number of benzene rings is 3. The highest BCUT2D eigenvalue weighted by Gasteiger charge is 2.18. The van der Waals surface area contributed by atoms with Crippen molar-refractivity contribution in [3.8, 4) is 5.75 Å². The maximum atomic E-state index is 13.4. The molecule has 1 N–H and O–H groups in total. The van der Waals surface area contributed by atoms with Crippen LogP contribution in [0.25, 0.3) is 16.7 Å². The number of amides is 1. The zero-order chi connectivity index (χ0) is 25.2. The van der Waals surface area contributed by atoms with Gasteiger partial charge in [-0.25, -0.2) is 13.9 Å². The van der Waals surface area contributed by atoms with Crippen molar-refractivity contribution in [3.05, 3.63) is 110 Å². The third-order valence-corrected chi connectivity index (χ3v) is 6.09. The standard InChI is InChI=1S/C27H25N5O4/c1-18-7-9-20(10-8-18)16-30-25(34)22-5-3-4-6-23(22)32-26(30)29-31(27(32)35)17-24(33)28-15-19-11-13-21(36-2)14-12-19/h3-14H,15-17H2,1-2H3,(H,28,33). The molecule has 0 saturated heterocycles. The van der Waals surface area contributed by atoms with Crippen molar-refractivity contribution in [2.24, 2.45) is 0 Å². The molecular weight excluding hydrogens is 458 g/mol. The van der Waals surface area contributed by atoms with Gasteiger partial charge < -0.3 is 10.1 Å². The van der Waals surface area contributed by atoms with E-state index in [0.717, 1.165) is 27.1 Å². The number of hydrogen-bond donors (Lipinski definition) is 1. The van der Waals surface area contributed by atoms with Crippen molar-refractivity contribution in [3.63, 3.8) is 0 Å². The van der Waals surface area contributed by atoms with Crippen LogP contribution < -0.4 is 21.3 Å². The van der Waals surface area contributed by atoms with E-state index in [0.29, 0.717) is 17.4 Å². The van der Waals surface area contributed by atoms with E-state index in [1.165, 1.54) is 8.97 Å². The van der Waals surface area contributed by atoms with E-state index in [2.05, 4.69) is 10.4 Å². The topological polar surface area (TPSA) is 99.6 Å². The van der Waals surface area contributed by atoms with Crippen molar-refractivity contribution in [1.82, 2.24) is 24.1 Å². The maximum Gasteiger partial charge on any atom is 0.352 e. The lowest BCUT2D eigenvalue weighted by molar-refractivity contribution is -0.122. The Hall–Kier alpha value is -4.66. The van der Waals surface area contributed by atoms with E-state index in [4.69, 9.17) is 4.74 Å². The number of carbonyl (C=O) groups excluding carboxylic acids is 1. The number of rotatable bonds is 7. The normalized spacial score (nSPS) is 11.2. The highest BCUT2D eigenvalue weighted by molar-refractivity contribution is 5.80. The van der Waals surface area contributed by atoms with Crippen LogP contribution in [0.3, 0.4) is 0 Å². The first kappa shape index (κ1) is 23.1. The van der Waals surface area contributed by atoms with Gasteiger partial charge in [0.25, 0.3) is 5.56 Å². The van der Waals surface area contributed by atoms with Crippen molar-refractivity contribution >= 4 is 22.6 Å². The summed E-state index contributed by atoms with van der Waals surface area (Å²) in [6.45, 7) is 2.26. The van der Waals surface area contributed by atoms with Gasteiger partial charge in [-0.3, -0.25) is 14.2 Å². The summed E-state index contributed by atoms with van der Waals surface area (Å²) in [5.74, 6) is 0.547. The number of aromatic nitrogens is 4. The summed E-state index contributed by atoms with van der Waals surface area (Å²) in [7, 11) is 1.59. The Kier molecular flexibility index (Phi) is 6.12. The molecule has 9 nitrogen and oxygen atoms in total. The molecule has 3 aromatic carbocycles. The second-order valence-corrected chi connectivity index (χ2v) is 8.59. The van der Waals surface area contributed by atoms with Crippen LogP contribution >= 0.6 is 0 Å². The van der Waals surface area contributed by atoms with Crippen LogP contribution in [0, 0.1) is 6.92 Å². The van der Waals surface area contributed by atoms with E-state index in [1.807, 2.05) is 55.5 Å². The molecule has 5 rings (SSSR count). The highest BCUT2D eigenvalue weighted by atomic mass is 16.5. The summed E-state index contributed by atoms with van der Waals surface area (Å²) in [4.78, 5) is 39.4. The number of carbonyl (C=O) groups is 1. The number of hydrogen-bond acceptors (Lipinski definition) is 5. The minimum atomic E-state index is -0.488. The number of aryl methyl sites for hydroxylation is 1. The highest BCUT2D eigenvalue weighted by Crippen LogP contribution is 2.13. The molecule has 36 heavy (non-hydrogen) atoms. The Morgan fingerprint density at radius 3 is 2.36 bits per heavy atom. The molecule has 9 heteroatoms. The fourth-order valence-corrected chi connectivity index (χ4v) is 4.13. The lowest BCUT2D eigenvalue weighted by Crippen LogP contribution is -2.32. The Balaban J connectivity index is 1.49. The van der Waals surface area contributed by atoms with Crippen LogP contribution in [0.4, 0.5) is 0 Å². The molecule has 0 aliphatic heterocycles. The molecule has 2 aromatic heterocycles. The minimum Gasteiger partial charge on any atom is -0.497 e. The molecule has 0 aliphatic carbocycles. The van der Waals surface area contributed by atoms with Crippen LogP contribution in [0.1, 0.15) is 16.7 Å². The van der Waals surface area contributed by atoms with Crippen molar-refractivity contribution in [2.75, 3.05) is 7.11 Å². The monoisotopic (exact) mass is 483 g/mol. The van der Waals surface area contributed by atoms with Gasteiger partial charge in [0, 0.05) is 6.54 Å². The fourth-order valence-electron chi connectivity index (χ4n) is 4.13. The lowest BCUT2D eigenvalue weighted by Gasteiger charge is -2.10. The smallest absolute Gasteiger partial charge is 0.352 e. The zero-order valence-electron chi connectivity index (χ0n) is 20.0. The maximum absolute atomic E-state index is 13.4. The number of nitrogens with zero attached hydrogens (tertiary/aromatic N) is 4. The number of ether oxygens (including phenoxy) is 1. The Morgan fingerprint density at radius 1 is 0.944 bits per heavy atom. The summed E-state index contributed by atoms with van der Waals surface area (Å²) < 4.78 is 9.10. The fraction of sp³-hybridized carbons (Fsp3) is 0.185. The molecule has 0 spiro atoms. The molecule has 0 saturated carbocycles. The predicted molar refractivity (Wildman–Crippen MR) is 136 cm³/mol. The first-order valence-corrected chi connectivity index (χ1v) is 11.5. The van der Waals surface area contributed by atoms with Crippen LogP contribution in [0.5, 0.6) is 5.75 Å². The number of para-hydroxylation sites is 1. The van der Waals surface area contributed by atoms with Crippen LogP contribution in [0.2, 0.25) is 0 Å². The molecule has 0 aliphatic rings. The Bertz CT molecular complexity index is 1680. The molecule has 0 fully saturated rings. The predicted octanol–water partition coefficient (Wildman–Crippen LogP) is 2.49. The average molecular weight is 484 g/mol. The van der Waals surface area contributed by atoms with Crippen molar-refractivity contribution < 1.29 is 9.53 Å². The molecule has 1 amide bonds. The molecule has 5 aromatic rings. The van der Waals surface area contributed by atoms with Gasteiger partial charge in [-0.05, 0) is 42.3 Å².